The van der Waals surface area contributed by atoms with Gasteiger partial charge in [-0.3, -0.25) is 9.48 Å². The van der Waals surface area contributed by atoms with Crippen molar-refractivity contribution in [3.63, 3.8) is 0 Å². The van der Waals surface area contributed by atoms with Crippen LogP contribution in [0.5, 0.6) is 0 Å². The number of aliphatic hydroxyl groups is 1. The van der Waals surface area contributed by atoms with Gasteiger partial charge in [0.2, 0.25) is 0 Å². The Balaban J connectivity index is 1.50. The number of hydrogen-bond acceptors (Lipinski definition) is 4. The Kier molecular flexibility index (Phi) is 5.61. The molecular weight excluding hydrogens is 304 g/mol. The van der Waals surface area contributed by atoms with Gasteiger partial charge in [0, 0.05) is 12.7 Å². The topological polar surface area (TPSA) is 70.4 Å². The zero-order valence-corrected chi connectivity index (χ0v) is 13.8. The molecule has 3 rings (SSSR count). The van der Waals surface area contributed by atoms with E-state index in [1.165, 1.54) is 19.3 Å². The molecule has 1 aliphatic heterocycles. The summed E-state index contributed by atoms with van der Waals surface area (Å²) in [7, 11) is 0. The van der Waals surface area contributed by atoms with Crippen LogP contribution in [0, 0.1) is 0 Å². The first-order valence-corrected chi connectivity index (χ1v) is 8.51. The molecule has 0 bridgehead atoms. The highest BCUT2D eigenvalue weighted by Gasteiger charge is 2.17. The first-order chi connectivity index (χ1) is 11.7. The molecule has 0 saturated carbocycles. The minimum absolute atomic E-state index is 0.447. The summed E-state index contributed by atoms with van der Waals surface area (Å²) in [6.07, 6.45) is 6.13. The molecule has 1 atom stereocenters. The lowest BCUT2D eigenvalue weighted by Gasteiger charge is -2.26. The van der Waals surface area contributed by atoms with Gasteiger partial charge in [0.05, 0.1) is 18.4 Å². The van der Waals surface area contributed by atoms with E-state index in [4.69, 9.17) is 0 Å². The van der Waals surface area contributed by atoms with E-state index < -0.39 is 12.0 Å². The van der Waals surface area contributed by atoms with Crippen molar-refractivity contribution in [1.82, 2.24) is 14.7 Å². The minimum Gasteiger partial charge on any atom is -0.378 e. The van der Waals surface area contributed by atoms with E-state index in [1.807, 2.05) is 10.7 Å². The largest absolute Gasteiger partial charge is 0.378 e. The first kappa shape index (κ1) is 16.7. The number of carbonyl (C=O) groups is 1. The fraction of sp³-hybridized carbons (Fsp3) is 0.444. The van der Waals surface area contributed by atoms with Crippen LogP contribution in [0.1, 0.15) is 30.9 Å². The van der Waals surface area contributed by atoms with E-state index in [2.05, 4.69) is 15.3 Å². The van der Waals surface area contributed by atoms with Crippen molar-refractivity contribution in [3.8, 4) is 0 Å². The minimum atomic E-state index is -1.18. The molecule has 6 nitrogen and oxygen atoms in total. The highest BCUT2D eigenvalue weighted by Crippen LogP contribution is 2.15. The van der Waals surface area contributed by atoms with Gasteiger partial charge >= 0.3 is 0 Å². The predicted molar refractivity (Wildman–Crippen MR) is 92.5 cm³/mol. The van der Waals surface area contributed by atoms with Gasteiger partial charge in [0.1, 0.15) is 0 Å². The molecule has 2 aromatic rings. The monoisotopic (exact) mass is 328 g/mol. The fourth-order valence-electron chi connectivity index (χ4n) is 2.97. The summed E-state index contributed by atoms with van der Waals surface area (Å²) in [6, 6.07) is 8.90. The smallest absolute Gasteiger partial charge is 0.257 e. The van der Waals surface area contributed by atoms with Gasteiger partial charge in [-0.25, -0.2) is 0 Å². The van der Waals surface area contributed by atoms with E-state index in [1.54, 1.807) is 36.7 Å². The van der Waals surface area contributed by atoms with Crippen molar-refractivity contribution in [1.29, 1.82) is 0 Å². The van der Waals surface area contributed by atoms with Crippen LogP contribution in [-0.4, -0.2) is 45.3 Å². The lowest BCUT2D eigenvalue weighted by Crippen LogP contribution is -2.32. The molecule has 1 aliphatic rings. The number of piperidine rings is 1. The summed E-state index contributed by atoms with van der Waals surface area (Å²) in [4.78, 5) is 14.6. The van der Waals surface area contributed by atoms with E-state index in [9.17, 15) is 9.90 Å². The molecule has 0 aliphatic carbocycles. The molecule has 1 amide bonds. The van der Waals surface area contributed by atoms with Crippen molar-refractivity contribution in [3.05, 3.63) is 48.3 Å². The number of hydrogen-bond donors (Lipinski definition) is 2. The number of amides is 1. The molecule has 1 fully saturated rings. The molecule has 24 heavy (non-hydrogen) atoms. The molecule has 0 radical (unpaired) electrons. The summed E-state index contributed by atoms with van der Waals surface area (Å²) in [5, 5.41) is 17.1. The second kappa shape index (κ2) is 8.08. The zero-order valence-electron chi connectivity index (χ0n) is 13.8. The summed E-state index contributed by atoms with van der Waals surface area (Å²) >= 11 is 0. The Bertz CT molecular complexity index is 650. The van der Waals surface area contributed by atoms with Crippen molar-refractivity contribution in [2.75, 3.05) is 25.0 Å². The molecule has 1 aromatic heterocycles. The van der Waals surface area contributed by atoms with Gasteiger partial charge in [-0.1, -0.05) is 36.8 Å². The average molecular weight is 328 g/mol. The number of nitrogens with one attached hydrogen (secondary N) is 1. The zero-order chi connectivity index (χ0) is 16.8. The third kappa shape index (κ3) is 4.43. The van der Waals surface area contributed by atoms with Crippen molar-refractivity contribution < 1.29 is 9.90 Å². The summed E-state index contributed by atoms with van der Waals surface area (Å²) in [5.74, 6) is -0.447. The molecule has 2 heterocycles. The molecular formula is C18H24N4O2. The van der Waals surface area contributed by atoms with E-state index in [0.29, 0.717) is 11.3 Å². The van der Waals surface area contributed by atoms with Crippen molar-refractivity contribution >= 4 is 11.6 Å². The fourth-order valence-corrected chi connectivity index (χ4v) is 2.97. The number of nitrogens with zero attached hydrogens (tertiary/aromatic N) is 3. The van der Waals surface area contributed by atoms with E-state index >= 15 is 0 Å². The Labute approximate surface area is 142 Å². The lowest BCUT2D eigenvalue weighted by molar-refractivity contribution is -0.124. The summed E-state index contributed by atoms with van der Waals surface area (Å²) in [6.45, 7) is 4.10. The maximum atomic E-state index is 12.1. The Morgan fingerprint density at radius 3 is 2.67 bits per heavy atom. The number of benzene rings is 1. The van der Waals surface area contributed by atoms with Crippen LogP contribution in [0.15, 0.2) is 42.7 Å². The maximum Gasteiger partial charge on any atom is 0.257 e. The third-order valence-electron chi connectivity index (χ3n) is 4.36. The van der Waals surface area contributed by atoms with Crippen LogP contribution in [0.4, 0.5) is 5.69 Å². The lowest BCUT2D eigenvalue weighted by atomic mass is 10.1. The quantitative estimate of drug-likeness (QED) is 0.851. The molecule has 1 saturated heterocycles. The van der Waals surface area contributed by atoms with Gasteiger partial charge in [0.25, 0.3) is 5.91 Å². The van der Waals surface area contributed by atoms with E-state index in [0.717, 1.165) is 26.2 Å². The highest BCUT2D eigenvalue weighted by atomic mass is 16.3. The number of rotatable bonds is 6. The van der Waals surface area contributed by atoms with Crippen molar-refractivity contribution in [2.45, 2.75) is 31.9 Å². The second-order valence-corrected chi connectivity index (χ2v) is 6.20. The van der Waals surface area contributed by atoms with Crippen LogP contribution in [0.3, 0.4) is 0 Å². The number of carbonyl (C=O) groups excluding carboxylic acids is 1. The van der Waals surface area contributed by atoms with Crippen LogP contribution < -0.4 is 5.32 Å². The highest BCUT2D eigenvalue weighted by molar-refractivity contribution is 5.94. The van der Waals surface area contributed by atoms with Crippen LogP contribution in [-0.2, 0) is 11.3 Å². The first-order valence-electron chi connectivity index (χ1n) is 8.51. The molecule has 0 spiro atoms. The molecule has 0 unspecified atom stereocenters. The normalized spacial score (nSPS) is 16.7. The van der Waals surface area contributed by atoms with Crippen LogP contribution in [0.2, 0.25) is 0 Å². The maximum absolute atomic E-state index is 12.1. The van der Waals surface area contributed by atoms with Gasteiger partial charge in [0.15, 0.2) is 6.10 Å². The second-order valence-electron chi connectivity index (χ2n) is 6.20. The third-order valence-corrected chi connectivity index (χ3v) is 4.36. The average Bonchev–Trinajstić information content (AvgIpc) is 3.08. The molecule has 2 N–H and O–H groups in total. The molecule has 128 valence electrons. The Morgan fingerprint density at radius 2 is 1.92 bits per heavy atom. The number of aliphatic hydroxyl groups excluding tert-OH is 1. The Hall–Kier alpha value is -2.18. The number of likely N-dealkylation sites (tertiary alicyclic amines) is 1. The standard InChI is InChI=1S/C18H24N4O2/c23-17(15-7-3-1-4-8-15)18(24)20-16-13-19-22(14-16)12-11-21-9-5-2-6-10-21/h1,3-4,7-8,13-14,17,23H,2,5-6,9-12H2,(H,20,24)/t17-/m0/s1. The molecule has 6 heteroatoms. The number of aromatic nitrogens is 2. The predicted octanol–water partition coefficient (Wildman–Crippen LogP) is 2.04. The van der Waals surface area contributed by atoms with Gasteiger partial charge in [-0.05, 0) is 31.5 Å². The van der Waals surface area contributed by atoms with E-state index in [-0.39, 0.29) is 0 Å². The molecule has 1 aromatic carbocycles. The number of anilines is 1. The Morgan fingerprint density at radius 1 is 1.17 bits per heavy atom. The van der Waals surface area contributed by atoms with Gasteiger partial charge < -0.3 is 15.3 Å². The van der Waals surface area contributed by atoms with Crippen molar-refractivity contribution in [2.24, 2.45) is 0 Å². The SMILES string of the molecule is O=C(Nc1cnn(CCN2CCCCC2)c1)[C@@H](O)c1ccccc1. The van der Waals surface area contributed by atoms with Crippen LogP contribution >= 0.6 is 0 Å². The van der Waals surface area contributed by atoms with Gasteiger partial charge in [-0.2, -0.15) is 5.10 Å². The van der Waals surface area contributed by atoms with Gasteiger partial charge in [-0.15, -0.1) is 0 Å². The summed E-state index contributed by atoms with van der Waals surface area (Å²) < 4.78 is 1.83. The van der Waals surface area contributed by atoms with Crippen LogP contribution in [0.25, 0.3) is 0 Å². The summed E-state index contributed by atoms with van der Waals surface area (Å²) in [5.41, 5.74) is 1.18.